The van der Waals surface area contributed by atoms with Gasteiger partial charge in [-0.2, -0.15) is 0 Å². The monoisotopic (exact) mass is 301 g/mol. The number of rotatable bonds is 3. The molecule has 1 heterocycles. The van der Waals surface area contributed by atoms with Gasteiger partial charge in [0.15, 0.2) is 0 Å². The van der Waals surface area contributed by atoms with Crippen LogP contribution in [0.25, 0.3) is 11.1 Å². The molecule has 4 nitrogen and oxygen atoms in total. The molecule has 0 saturated heterocycles. The molecule has 0 aliphatic rings. The number of carbonyl (C=O) groups is 1. The molecule has 1 N–H and O–H groups in total. The minimum absolute atomic E-state index is 0.145. The van der Waals surface area contributed by atoms with E-state index in [0.717, 1.165) is 24.4 Å². The zero-order valence-corrected chi connectivity index (χ0v) is 10.2. The molecule has 110 valence electrons. The molecular weight excluding hydrogens is 294 g/mol. The summed E-state index contributed by atoms with van der Waals surface area (Å²) in [5.74, 6) is -3.12. The quantitative estimate of drug-likeness (QED) is 0.882. The van der Waals surface area contributed by atoms with Gasteiger partial charge in [0.1, 0.15) is 17.1 Å². The molecule has 0 spiro atoms. The second-order valence-corrected chi connectivity index (χ2v) is 3.96. The van der Waals surface area contributed by atoms with Crippen molar-refractivity contribution in [2.45, 2.75) is 6.36 Å². The van der Waals surface area contributed by atoms with Crippen molar-refractivity contribution >= 4 is 5.97 Å². The molecule has 2 rings (SSSR count). The Morgan fingerprint density at radius 3 is 2.43 bits per heavy atom. The number of pyridine rings is 1. The Morgan fingerprint density at radius 2 is 1.86 bits per heavy atom. The molecule has 0 unspecified atom stereocenters. The molecule has 2 aromatic rings. The van der Waals surface area contributed by atoms with Crippen molar-refractivity contribution in [3.8, 4) is 16.9 Å². The molecule has 0 saturated carbocycles. The number of aromatic nitrogens is 1. The zero-order valence-electron chi connectivity index (χ0n) is 10.2. The van der Waals surface area contributed by atoms with Crippen LogP contribution < -0.4 is 4.74 Å². The van der Waals surface area contributed by atoms with Crippen LogP contribution in [0.3, 0.4) is 0 Å². The lowest BCUT2D eigenvalue weighted by atomic mass is 10.0. The van der Waals surface area contributed by atoms with Crippen molar-refractivity contribution in [2.24, 2.45) is 0 Å². The predicted molar refractivity (Wildman–Crippen MR) is 63.3 cm³/mol. The van der Waals surface area contributed by atoms with E-state index in [1.54, 1.807) is 0 Å². The van der Waals surface area contributed by atoms with Gasteiger partial charge in [-0.05, 0) is 23.8 Å². The van der Waals surface area contributed by atoms with E-state index >= 15 is 0 Å². The number of nitrogens with zero attached hydrogens (tertiary/aromatic N) is 1. The van der Waals surface area contributed by atoms with E-state index in [9.17, 15) is 22.4 Å². The van der Waals surface area contributed by atoms with Crippen molar-refractivity contribution in [1.82, 2.24) is 4.98 Å². The Bertz CT molecular complexity index is 685. The molecule has 0 aliphatic carbocycles. The highest BCUT2D eigenvalue weighted by Gasteiger charge is 2.33. The smallest absolute Gasteiger partial charge is 0.478 e. The fourth-order valence-corrected chi connectivity index (χ4v) is 1.66. The number of hydrogen-bond acceptors (Lipinski definition) is 3. The molecule has 0 atom stereocenters. The highest BCUT2D eigenvalue weighted by molar-refractivity contribution is 5.92. The van der Waals surface area contributed by atoms with Crippen molar-refractivity contribution in [1.29, 1.82) is 0 Å². The van der Waals surface area contributed by atoms with Crippen molar-refractivity contribution in [2.75, 3.05) is 0 Å². The largest absolute Gasteiger partial charge is 0.573 e. The molecule has 0 aliphatic heterocycles. The second kappa shape index (κ2) is 5.39. The van der Waals surface area contributed by atoms with E-state index in [0.29, 0.717) is 0 Å². The SMILES string of the molecule is O=C(O)c1ccc(-c2cncc(F)c2)cc1OC(F)(F)F. The van der Waals surface area contributed by atoms with Crippen LogP contribution >= 0.6 is 0 Å². The van der Waals surface area contributed by atoms with Crippen LogP contribution in [-0.4, -0.2) is 22.4 Å². The van der Waals surface area contributed by atoms with E-state index in [2.05, 4.69) is 9.72 Å². The van der Waals surface area contributed by atoms with E-state index in [-0.39, 0.29) is 11.1 Å². The van der Waals surface area contributed by atoms with Crippen LogP contribution in [-0.2, 0) is 0 Å². The number of ether oxygens (including phenoxy) is 1. The van der Waals surface area contributed by atoms with Gasteiger partial charge < -0.3 is 9.84 Å². The number of hydrogen-bond donors (Lipinski definition) is 1. The summed E-state index contributed by atoms with van der Waals surface area (Å²) in [6, 6.07) is 4.11. The Balaban J connectivity index is 2.51. The van der Waals surface area contributed by atoms with E-state index in [1.165, 1.54) is 12.3 Å². The Morgan fingerprint density at radius 1 is 1.14 bits per heavy atom. The lowest BCUT2D eigenvalue weighted by Crippen LogP contribution is -2.19. The third-order valence-electron chi connectivity index (χ3n) is 2.48. The molecule has 0 radical (unpaired) electrons. The standard InChI is InChI=1S/C13H7F4NO3/c14-9-3-8(5-18-6-9)7-1-2-10(12(19)20)11(4-7)21-13(15,16)17/h1-6H,(H,19,20). The number of carboxylic acid groups (broad SMARTS) is 1. The van der Waals surface area contributed by atoms with Crippen LogP contribution in [0.5, 0.6) is 5.75 Å². The van der Waals surface area contributed by atoms with Crippen molar-refractivity contribution in [3.05, 3.63) is 48.0 Å². The van der Waals surface area contributed by atoms with Gasteiger partial charge in [-0.25, -0.2) is 9.18 Å². The first-order valence-corrected chi connectivity index (χ1v) is 5.50. The van der Waals surface area contributed by atoms with Crippen LogP contribution in [0, 0.1) is 5.82 Å². The summed E-state index contributed by atoms with van der Waals surface area (Å²) in [6.45, 7) is 0. The average molecular weight is 301 g/mol. The third kappa shape index (κ3) is 3.68. The van der Waals surface area contributed by atoms with Gasteiger partial charge in [-0.1, -0.05) is 6.07 Å². The zero-order chi connectivity index (χ0) is 15.6. The Kier molecular flexibility index (Phi) is 3.79. The topological polar surface area (TPSA) is 59.4 Å². The maximum Gasteiger partial charge on any atom is 0.573 e. The summed E-state index contributed by atoms with van der Waals surface area (Å²) in [6.07, 6.45) is -2.87. The summed E-state index contributed by atoms with van der Waals surface area (Å²) in [5.41, 5.74) is -0.314. The Hall–Kier alpha value is -2.64. The van der Waals surface area contributed by atoms with Gasteiger partial charge in [0.2, 0.25) is 0 Å². The average Bonchev–Trinajstić information content (AvgIpc) is 2.36. The summed E-state index contributed by atoms with van der Waals surface area (Å²) in [4.78, 5) is 14.5. The Labute approximate surface area is 115 Å². The first-order valence-electron chi connectivity index (χ1n) is 5.50. The summed E-state index contributed by atoms with van der Waals surface area (Å²) in [5, 5.41) is 8.85. The van der Waals surface area contributed by atoms with Gasteiger partial charge in [0.25, 0.3) is 0 Å². The predicted octanol–water partition coefficient (Wildman–Crippen LogP) is 3.48. The van der Waals surface area contributed by atoms with Crippen LogP contribution in [0.4, 0.5) is 17.6 Å². The summed E-state index contributed by atoms with van der Waals surface area (Å²) < 4.78 is 53.6. The number of carboxylic acids is 1. The maximum atomic E-state index is 13.1. The highest BCUT2D eigenvalue weighted by atomic mass is 19.4. The molecule has 1 aromatic carbocycles. The number of benzene rings is 1. The van der Waals surface area contributed by atoms with E-state index < -0.39 is 29.5 Å². The minimum Gasteiger partial charge on any atom is -0.478 e. The fourth-order valence-electron chi connectivity index (χ4n) is 1.66. The number of alkyl halides is 3. The second-order valence-electron chi connectivity index (χ2n) is 3.96. The molecule has 0 bridgehead atoms. The maximum absolute atomic E-state index is 13.1. The van der Waals surface area contributed by atoms with E-state index in [4.69, 9.17) is 5.11 Å². The minimum atomic E-state index is -5.04. The van der Waals surface area contributed by atoms with Gasteiger partial charge in [-0.15, -0.1) is 13.2 Å². The molecule has 1 aromatic heterocycles. The van der Waals surface area contributed by atoms with Crippen LogP contribution in [0.1, 0.15) is 10.4 Å². The van der Waals surface area contributed by atoms with Gasteiger partial charge in [0, 0.05) is 11.8 Å². The summed E-state index contributed by atoms with van der Waals surface area (Å²) in [7, 11) is 0. The molecule has 21 heavy (non-hydrogen) atoms. The van der Waals surface area contributed by atoms with Crippen LogP contribution in [0.15, 0.2) is 36.7 Å². The molecule has 8 heteroatoms. The van der Waals surface area contributed by atoms with Crippen molar-refractivity contribution < 1.29 is 32.2 Å². The van der Waals surface area contributed by atoms with Crippen LogP contribution in [0.2, 0.25) is 0 Å². The van der Waals surface area contributed by atoms with Gasteiger partial charge >= 0.3 is 12.3 Å². The molecular formula is C13H7F4NO3. The lowest BCUT2D eigenvalue weighted by molar-refractivity contribution is -0.274. The summed E-state index contributed by atoms with van der Waals surface area (Å²) >= 11 is 0. The molecule has 0 amide bonds. The lowest BCUT2D eigenvalue weighted by Gasteiger charge is -2.12. The number of halogens is 4. The number of aromatic carboxylic acids is 1. The van der Waals surface area contributed by atoms with Gasteiger partial charge in [-0.3, -0.25) is 4.98 Å². The van der Waals surface area contributed by atoms with Gasteiger partial charge in [0.05, 0.1) is 6.20 Å². The first-order chi connectivity index (χ1) is 9.76. The van der Waals surface area contributed by atoms with E-state index in [1.807, 2.05) is 0 Å². The molecule has 0 fully saturated rings. The third-order valence-corrected chi connectivity index (χ3v) is 2.48. The normalized spacial score (nSPS) is 11.2. The fraction of sp³-hybridized carbons (Fsp3) is 0.0769. The first kappa shape index (κ1) is 14.8. The van der Waals surface area contributed by atoms with Crippen molar-refractivity contribution in [3.63, 3.8) is 0 Å². The highest BCUT2D eigenvalue weighted by Crippen LogP contribution is 2.31.